The van der Waals surface area contributed by atoms with Gasteiger partial charge in [-0.1, -0.05) is 18.2 Å². The van der Waals surface area contributed by atoms with Crippen LogP contribution in [0.4, 0.5) is 4.79 Å². The quantitative estimate of drug-likeness (QED) is 0.715. The van der Waals surface area contributed by atoms with Gasteiger partial charge in [0, 0.05) is 12.6 Å². The van der Waals surface area contributed by atoms with E-state index in [4.69, 9.17) is 14.0 Å². The molecule has 1 aromatic carbocycles. The Kier molecular flexibility index (Phi) is 6.27. The van der Waals surface area contributed by atoms with Crippen LogP contribution in [0.2, 0.25) is 0 Å². The first kappa shape index (κ1) is 22.8. The van der Waals surface area contributed by atoms with Crippen molar-refractivity contribution in [1.82, 2.24) is 4.90 Å². The summed E-state index contributed by atoms with van der Waals surface area (Å²) in [5.41, 5.74) is 1.93. The van der Waals surface area contributed by atoms with E-state index in [-0.39, 0.29) is 30.5 Å². The number of rotatable bonds is 4. The first-order chi connectivity index (χ1) is 12.6. The Labute approximate surface area is 170 Å². The van der Waals surface area contributed by atoms with Crippen molar-refractivity contribution in [2.24, 2.45) is 0 Å². The maximum atomic E-state index is 12.6. The summed E-state index contributed by atoms with van der Waals surface area (Å²) in [6, 6.07) is 6.20. The van der Waals surface area contributed by atoms with Gasteiger partial charge in [0.25, 0.3) is 0 Å². The number of hydrogen-bond donors (Lipinski definition) is 0. The third-order valence-electron chi connectivity index (χ3n) is 5.48. The predicted octanol–water partition coefficient (Wildman–Crippen LogP) is 4.44. The van der Waals surface area contributed by atoms with Gasteiger partial charge in [-0.2, -0.15) is 0 Å². The number of carbonyl (C=O) groups excluding carboxylic acids is 1. The number of benzene rings is 1. The molecule has 0 unspecified atom stereocenters. The predicted molar refractivity (Wildman–Crippen MR) is 114 cm³/mol. The first-order valence-electron chi connectivity index (χ1n) is 10.1. The Balaban J connectivity index is 2.19. The van der Waals surface area contributed by atoms with Gasteiger partial charge in [-0.25, -0.2) is 4.79 Å². The summed E-state index contributed by atoms with van der Waals surface area (Å²) >= 11 is 0. The zero-order valence-corrected chi connectivity index (χ0v) is 19.2. The average Bonchev–Trinajstić information content (AvgIpc) is 2.71. The number of amides is 1. The molecule has 1 saturated heterocycles. The first-order valence-corrected chi connectivity index (χ1v) is 10.1. The molecule has 0 N–H and O–H groups in total. The smallest absolute Gasteiger partial charge is 0.444 e. The van der Waals surface area contributed by atoms with Crippen molar-refractivity contribution in [3.63, 3.8) is 0 Å². The van der Waals surface area contributed by atoms with Crippen LogP contribution in [-0.2, 0) is 20.6 Å². The molecule has 1 aliphatic rings. The van der Waals surface area contributed by atoms with E-state index in [1.54, 1.807) is 4.90 Å². The van der Waals surface area contributed by atoms with Gasteiger partial charge >= 0.3 is 13.2 Å². The Morgan fingerprint density at radius 2 is 1.68 bits per heavy atom. The molecular weight excluding hydrogens is 353 g/mol. The Morgan fingerprint density at radius 1 is 1.14 bits per heavy atom. The highest BCUT2D eigenvalue weighted by molar-refractivity contribution is 6.62. The molecule has 5 nitrogen and oxygen atoms in total. The highest BCUT2D eigenvalue weighted by Gasteiger charge is 2.51. The van der Waals surface area contributed by atoms with E-state index in [0.717, 1.165) is 16.6 Å². The van der Waals surface area contributed by atoms with Gasteiger partial charge in [0.1, 0.15) is 5.60 Å². The summed E-state index contributed by atoms with van der Waals surface area (Å²) in [7, 11) is -0.384. The summed E-state index contributed by atoms with van der Waals surface area (Å²) in [6.07, 6.45) is -0.295. The molecule has 0 aromatic heterocycles. The lowest BCUT2D eigenvalue weighted by Gasteiger charge is -2.32. The van der Waals surface area contributed by atoms with Crippen molar-refractivity contribution >= 4 is 18.7 Å². The van der Waals surface area contributed by atoms with Gasteiger partial charge in [0.05, 0.1) is 11.2 Å². The van der Waals surface area contributed by atoms with Crippen molar-refractivity contribution in [3.05, 3.63) is 29.3 Å². The highest BCUT2D eigenvalue weighted by Crippen LogP contribution is 2.36. The fourth-order valence-corrected chi connectivity index (χ4v) is 2.98. The minimum atomic E-state index is -0.514. The summed E-state index contributed by atoms with van der Waals surface area (Å²) in [5, 5.41) is 0. The van der Waals surface area contributed by atoms with E-state index in [2.05, 4.69) is 46.8 Å². The Bertz CT molecular complexity index is 706. The van der Waals surface area contributed by atoms with Gasteiger partial charge in [-0.05, 0) is 85.8 Å². The van der Waals surface area contributed by atoms with Crippen LogP contribution in [0, 0.1) is 6.92 Å². The number of aryl methyl sites for hydroxylation is 1. The molecule has 1 fully saturated rings. The van der Waals surface area contributed by atoms with Crippen LogP contribution in [0.25, 0.3) is 0 Å². The zero-order valence-electron chi connectivity index (χ0n) is 19.2. The van der Waals surface area contributed by atoms with Crippen molar-refractivity contribution in [1.29, 1.82) is 0 Å². The number of ether oxygens (including phenoxy) is 1. The molecule has 0 atom stereocenters. The van der Waals surface area contributed by atoms with Crippen molar-refractivity contribution in [2.75, 3.05) is 0 Å². The highest BCUT2D eigenvalue weighted by atomic mass is 16.7. The molecule has 1 heterocycles. The van der Waals surface area contributed by atoms with E-state index < -0.39 is 5.60 Å². The SMILES string of the molecule is Cc1cc(B2OC(C)(C)C(C)(C)O2)ccc1CN(C(=O)OC(C)(C)C)C(C)C. The second kappa shape index (κ2) is 7.71. The molecule has 0 radical (unpaired) electrons. The minimum absolute atomic E-state index is 0.0389. The third-order valence-corrected chi connectivity index (χ3v) is 5.48. The standard InChI is InChI=1S/C22H36BNO4/c1-15(2)24(19(25)26-20(4,5)6)14-17-11-12-18(13-16(17)3)23-27-21(7,8)22(9,10)28-23/h11-13,15H,14H2,1-10H3. The molecule has 0 saturated carbocycles. The van der Waals surface area contributed by atoms with Crippen LogP contribution in [0.3, 0.4) is 0 Å². The average molecular weight is 389 g/mol. The lowest BCUT2D eigenvalue weighted by atomic mass is 9.78. The van der Waals surface area contributed by atoms with E-state index in [1.165, 1.54) is 0 Å². The van der Waals surface area contributed by atoms with Crippen LogP contribution >= 0.6 is 0 Å². The summed E-state index contributed by atoms with van der Waals surface area (Å²) < 4.78 is 17.9. The molecule has 1 aliphatic heterocycles. The lowest BCUT2D eigenvalue weighted by molar-refractivity contribution is 0.00578. The summed E-state index contributed by atoms with van der Waals surface area (Å²) in [6.45, 7) is 20.4. The summed E-state index contributed by atoms with van der Waals surface area (Å²) in [5.74, 6) is 0. The maximum Gasteiger partial charge on any atom is 0.494 e. The van der Waals surface area contributed by atoms with Crippen LogP contribution in [-0.4, -0.2) is 41.0 Å². The second-order valence-corrected chi connectivity index (χ2v) is 9.98. The Hall–Kier alpha value is -1.53. The van der Waals surface area contributed by atoms with Gasteiger partial charge in [0.2, 0.25) is 0 Å². The van der Waals surface area contributed by atoms with Crippen molar-refractivity contribution in [3.8, 4) is 0 Å². The minimum Gasteiger partial charge on any atom is -0.444 e. The molecule has 156 valence electrons. The van der Waals surface area contributed by atoms with Crippen LogP contribution in [0.15, 0.2) is 18.2 Å². The molecule has 1 amide bonds. The monoisotopic (exact) mass is 389 g/mol. The molecular formula is C22H36BNO4. The molecule has 0 spiro atoms. The fourth-order valence-electron chi connectivity index (χ4n) is 2.98. The number of nitrogens with zero attached hydrogens (tertiary/aromatic N) is 1. The lowest BCUT2D eigenvalue weighted by Crippen LogP contribution is -2.41. The van der Waals surface area contributed by atoms with Crippen molar-refractivity contribution < 1.29 is 18.8 Å². The number of hydrogen-bond acceptors (Lipinski definition) is 4. The number of carbonyl (C=O) groups is 1. The second-order valence-electron chi connectivity index (χ2n) is 9.98. The van der Waals surface area contributed by atoms with Crippen LogP contribution in [0.5, 0.6) is 0 Å². The van der Waals surface area contributed by atoms with Gasteiger partial charge < -0.3 is 18.9 Å². The summed E-state index contributed by atoms with van der Waals surface area (Å²) in [4.78, 5) is 14.4. The molecule has 0 aliphatic carbocycles. The molecule has 6 heteroatoms. The third kappa shape index (κ3) is 5.09. The van der Waals surface area contributed by atoms with Gasteiger partial charge in [-0.15, -0.1) is 0 Å². The molecule has 0 bridgehead atoms. The van der Waals surface area contributed by atoms with E-state index in [1.807, 2.05) is 40.7 Å². The largest absolute Gasteiger partial charge is 0.494 e. The van der Waals surface area contributed by atoms with Crippen LogP contribution in [0.1, 0.15) is 73.4 Å². The van der Waals surface area contributed by atoms with Crippen LogP contribution < -0.4 is 5.46 Å². The van der Waals surface area contributed by atoms with E-state index in [0.29, 0.717) is 6.54 Å². The Morgan fingerprint density at radius 3 is 2.11 bits per heavy atom. The molecule has 1 aromatic rings. The molecule has 2 rings (SSSR count). The fraction of sp³-hybridized carbons (Fsp3) is 0.682. The molecule has 28 heavy (non-hydrogen) atoms. The van der Waals surface area contributed by atoms with Gasteiger partial charge in [-0.3, -0.25) is 0 Å². The van der Waals surface area contributed by atoms with Gasteiger partial charge in [0.15, 0.2) is 0 Å². The van der Waals surface area contributed by atoms with E-state index >= 15 is 0 Å². The maximum absolute atomic E-state index is 12.6. The van der Waals surface area contributed by atoms with Crippen molar-refractivity contribution in [2.45, 2.75) is 98.6 Å². The topological polar surface area (TPSA) is 48.0 Å². The van der Waals surface area contributed by atoms with E-state index in [9.17, 15) is 4.79 Å². The zero-order chi connectivity index (χ0) is 21.5. The normalized spacial score (nSPS) is 18.5.